The Hall–Kier alpha value is -1.78. The molecule has 3 nitrogen and oxygen atoms in total. The number of amides is 2. The average Bonchev–Trinajstić information content (AvgIpc) is 2.33. The fraction of sp³-hybridized carbons (Fsp3) is 0.429. The topological polar surface area (TPSA) is 37.4 Å². The first-order valence-electron chi connectivity index (χ1n) is 5.99. The highest BCUT2D eigenvalue weighted by molar-refractivity contribution is 6.12. The van der Waals surface area contributed by atoms with E-state index in [0.29, 0.717) is 11.1 Å². The summed E-state index contributed by atoms with van der Waals surface area (Å²) in [4.78, 5) is 25.2. The maximum absolute atomic E-state index is 12.8. The van der Waals surface area contributed by atoms with Crippen LogP contribution < -0.4 is 0 Å². The first-order chi connectivity index (χ1) is 8.77. The van der Waals surface area contributed by atoms with Gasteiger partial charge in [0.1, 0.15) is 0 Å². The molecule has 0 radical (unpaired) electrons. The first kappa shape index (κ1) is 13.6. The number of benzene rings is 1. The van der Waals surface area contributed by atoms with Crippen LogP contribution in [-0.2, 0) is 10.2 Å². The molecule has 5 heteroatoms. The number of nitrogens with zero attached hydrogens (tertiary/aromatic N) is 1. The second-order valence-corrected chi connectivity index (χ2v) is 5.15. The Labute approximate surface area is 110 Å². The standard InChI is InChI=1S/C14H15F2NO2/c1-8-4-5-10-9(6-8)12(18)17(3)13(19)14(10,2)7-11(15)16/h4-6,11H,7H2,1-3H3. The van der Waals surface area contributed by atoms with Gasteiger partial charge in [0.25, 0.3) is 5.91 Å². The maximum atomic E-state index is 12.8. The second kappa shape index (κ2) is 4.40. The third kappa shape index (κ3) is 2.03. The van der Waals surface area contributed by atoms with Crippen molar-refractivity contribution in [3.8, 4) is 0 Å². The summed E-state index contributed by atoms with van der Waals surface area (Å²) in [7, 11) is 1.33. The zero-order chi connectivity index (χ0) is 14.4. The Morgan fingerprint density at radius 2 is 1.95 bits per heavy atom. The van der Waals surface area contributed by atoms with E-state index in [1.54, 1.807) is 18.2 Å². The number of aryl methyl sites for hydroxylation is 1. The Morgan fingerprint density at radius 1 is 1.32 bits per heavy atom. The molecular weight excluding hydrogens is 252 g/mol. The third-order valence-corrected chi connectivity index (χ3v) is 3.64. The van der Waals surface area contributed by atoms with Crippen molar-refractivity contribution in [2.75, 3.05) is 7.05 Å². The van der Waals surface area contributed by atoms with E-state index >= 15 is 0 Å². The molecule has 1 heterocycles. The van der Waals surface area contributed by atoms with E-state index in [9.17, 15) is 18.4 Å². The molecule has 1 aliphatic rings. The molecule has 1 aromatic carbocycles. The lowest BCUT2D eigenvalue weighted by Gasteiger charge is -2.38. The van der Waals surface area contributed by atoms with Gasteiger partial charge in [-0.2, -0.15) is 0 Å². The van der Waals surface area contributed by atoms with Crippen molar-refractivity contribution in [3.05, 3.63) is 34.9 Å². The maximum Gasteiger partial charge on any atom is 0.260 e. The number of halogens is 2. The van der Waals surface area contributed by atoms with Crippen LogP contribution in [0.4, 0.5) is 8.78 Å². The summed E-state index contributed by atoms with van der Waals surface area (Å²) in [5.41, 5.74) is 0.242. The molecule has 0 aromatic heterocycles. The van der Waals surface area contributed by atoms with Crippen LogP contribution >= 0.6 is 0 Å². The summed E-state index contributed by atoms with van der Waals surface area (Å²) in [6, 6.07) is 4.98. The molecule has 0 saturated heterocycles. The number of rotatable bonds is 2. The lowest BCUT2D eigenvalue weighted by atomic mass is 9.73. The normalized spacial score (nSPS) is 22.9. The van der Waals surface area contributed by atoms with Crippen molar-refractivity contribution < 1.29 is 18.4 Å². The quantitative estimate of drug-likeness (QED) is 0.772. The number of carbonyl (C=O) groups excluding carboxylic acids is 2. The van der Waals surface area contributed by atoms with E-state index in [1.807, 2.05) is 6.92 Å². The highest BCUT2D eigenvalue weighted by atomic mass is 19.3. The van der Waals surface area contributed by atoms with E-state index in [-0.39, 0.29) is 0 Å². The molecule has 0 N–H and O–H groups in total. The van der Waals surface area contributed by atoms with Crippen LogP contribution in [-0.4, -0.2) is 30.2 Å². The largest absolute Gasteiger partial charge is 0.281 e. The molecule has 1 aliphatic heterocycles. The highest BCUT2D eigenvalue weighted by Crippen LogP contribution is 2.38. The van der Waals surface area contributed by atoms with Gasteiger partial charge in [-0.25, -0.2) is 8.78 Å². The van der Waals surface area contributed by atoms with Crippen molar-refractivity contribution in [2.45, 2.75) is 32.1 Å². The van der Waals surface area contributed by atoms with Crippen LogP contribution in [0.3, 0.4) is 0 Å². The number of imide groups is 1. The van der Waals surface area contributed by atoms with Crippen molar-refractivity contribution in [1.29, 1.82) is 0 Å². The van der Waals surface area contributed by atoms with Crippen LogP contribution in [0, 0.1) is 6.92 Å². The van der Waals surface area contributed by atoms with Crippen LogP contribution in [0.2, 0.25) is 0 Å². The summed E-state index contributed by atoms with van der Waals surface area (Å²) in [6.07, 6.45) is -3.19. The van der Waals surface area contributed by atoms with Gasteiger partial charge >= 0.3 is 0 Å². The lowest BCUT2D eigenvalue weighted by Crippen LogP contribution is -2.52. The predicted octanol–water partition coefficient (Wildman–Crippen LogP) is 2.52. The summed E-state index contributed by atoms with van der Waals surface area (Å²) in [5.74, 6) is -1.01. The van der Waals surface area contributed by atoms with E-state index in [1.165, 1.54) is 14.0 Å². The minimum atomic E-state index is -2.61. The van der Waals surface area contributed by atoms with Gasteiger partial charge in [-0.05, 0) is 25.5 Å². The molecule has 1 unspecified atom stereocenters. The first-order valence-corrected chi connectivity index (χ1v) is 5.99. The van der Waals surface area contributed by atoms with Gasteiger partial charge < -0.3 is 0 Å². The zero-order valence-corrected chi connectivity index (χ0v) is 11.0. The molecule has 0 fully saturated rings. The van der Waals surface area contributed by atoms with Gasteiger partial charge in [0.15, 0.2) is 0 Å². The van der Waals surface area contributed by atoms with Gasteiger partial charge in [0, 0.05) is 19.0 Å². The van der Waals surface area contributed by atoms with Crippen molar-refractivity contribution >= 4 is 11.8 Å². The lowest BCUT2D eigenvalue weighted by molar-refractivity contribution is -0.135. The Morgan fingerprint density at radius 3 is 2.53 bits per heavy atom. The van der Waals surface area contributed by atoms with Gasteiger partial charge in [-0.15, -0.1) is 0 Å². The van der Waals surface area contributed by atoms with Gasteiger partial charge in [-0.3, -0.25) is 14.5 Å². The van der Waals surface area contributed by atoms with Gasteiger partial charge in [-0.1, -0.05) is 17.7 Å². The van der Waals surface area contributed by atoms with Crippen molar-refractivity contribution in [2.24, 2.45) is 0 Å². The summed E-state index contributed by atoms with van der Waals surface area (Å²) in [5, 5.41) is 0. The number of hydrogen-bond donors (Lipinski definition) is 0. The number of carbonyl (C=O) groups is 2. The fourth-order valence-corrected chi connectivity index (χ4v) is 2.58. The SMILES string of the molecule is Cc1ccc2c(c1)C(=O)N(C)C(=O)C2(C)CC(F)F. The molecule has 1 aromatic rings. The minimum absolute atomic E-state index is 0.338. The third-order valence-electron chi connectivity index (χ3n) is 3.64. The summed E-state index contributed by atoms with van der Waals surface area (Å²) < 4.78 is 25.6. The summed E-state index contributed by atoms with van der Waals surface area (Å²) >= 11 is 0. The van der Waals surface area contributed by atoms with Gasteiger partial charge in [0.2, 0.25) is 12.3 Å². The van der Waals surface area contributed by atoms with E-state index in [4.69, 9.17) is 0 Å². The highest BCUT2D eigenvalue weighted by Gasteiger charge is 2.47. The molecular formula is C14H15F2NO2. The molecule has 0 saturated carbocycles. The second-order valence-electron chi connectivity index (χ2n) is 5.15. The van der Waals surface area contributed by atoms with Crippen LogP contribution in [0.25, 0.3) is 0 Å². The molecule has 102 valence electrons. The molecule has 2 amide bonds. The average molecular weight is 267 g/mol. The molecule has 19 heavy (non-hydrogen) atoms. The van der Waals surface area contributed by atoms with E-state index < -0.39 is 30.1 Å². The fourth-order valence-electron chi connectivity index (χ4n) is 2.58. The van der Waals surface area contributed by atoms with Crippen LogP contribution in [0.1, 0.15) is 34.8 Å². The van der Waals surface area contributed by atoms with E-state index in [2.05, 4.69) is 0 Å². The molecule has 1 atom stereocenters. The van der Waals surface area contributed by atoms with Gasteiger partial charge in [0.05, 0.1) is 5.41 Å². The monoisotopic (exact) mass is 267 g/mol. The van der Waals surface area contributed by atoms with E-state index in [0.717, 1.165) is 10.5 Å². The molecule has 2 rings (SSSR count). The summed E-state index contributed by atoms with van der Waals surface area (Å²) in [6.45, 7) is 3.28. The van der Waals surface area contributed by atoms with Crippen LogP contribution in [0.15, 0.2) is 18.2 Å². The number of alkyl halides is 2. The number of fused-ring (bicyclic) bond motifs is 1. The number of likely N-dealkylation sites (N-methyl/N-ethyl adjacent to an activating group) is 1. The zero-order valence-electron chi connectivity index (χ0n) is 11.0. The molecule has 0 spiro atoms. The minimum Gasteiger partial charge on any atom is -0.281 e. The number of hydrogen-bond acceptors (Lipinski definition) is 2. The van der Waals surface area contributed by atoms with Crippen LogP contribution in [0.5, 0.6) is 0 Å². The Balaban J connectivity index is 2.66. The molecule has 0 bridgehead atoms. The molecule has 0 aliphatic carbocycles. The van der Waals surface area contributed by atoms with Crippen molar-refractivity contribution in [3.63, 3.8) is 0 Å². The smallest absolute Gasteiger partial charge is 0.260 e. The van der Waals surface area contributed by atoms with Crippen molar-refractivity contribution in [1.82, 2.24) is 4.90 Å². The Bertz CT molecular complexity index is 556. The predicted molar refractivity (Wildman–Crippen MR) is 66.3 cm³/mol. The Kier molecular flexibility index (Phi) is 3.16.